The van der Waals surface area contributed by atoms with Gasteiger partial charge in [-0.25, -0.2) is 4.39 Å². The fourth-order valence-electron chi connectivity index (χ4n) is 1.97. The lowest BCUT2D eigenvalue weighted by Crippen LogP contribution is -2.39. The van der Waals surface area contributed by atoms with Crippen LogP contribution >= 0.6 is 0 Å². The first kappa shape index (κ1) is 18.9. The molecule has 0 saturated heterocycles. The molecule has 128 valence electrons. The summed E-state index contributed by atoms with van der Waals surface area (Å²) in [6.45, 7) is 7.69. The van der Waals surface area contributed by atoms with E-state index < -0.39 is 0 Å². The van der Waals surface area contributed by atoms with Crippen LogP contribution in [0.3, 0.4) is 0 Å². The highest BCUT2D eigenvalue weighted by molar-refractivity contribution is 5.80. The number of hydrogen-bond acceptors (Lipinski definition) is 3. The Labute approximate surface area is 137 Å². The van der Waals surface area contributed by atoms with Crippen LogP contribution in [0.2, 0.25) is 0 Å². The molecule has 23 heavy (non-hydrogen) atoms. The first-order valence-electron chi connectivity index (χ1n) is 7.76. The van der Waals surface area contributed by atoms with Crippen molar-refractivity contribution in [1.29, 1.82) is 0 Å². The zero-order valence-corrected chi connectivity index (χ0v) is 14.4. The predicted molar refractivity (Wildman–Crippen MR) is 89.9 cm³/mol. The summed E-state index contributed by atoms with van der Waals surface area (Å²) in [6, 6.07) is 5.03. The Balaban J connectivity index is 2.49. The average Bonchev–Trinajstić information content (AvgIpc) is 2.48. The van der Waals surface area contributed by atoms with Crippen LogP contribution in [-0.4, -0.2) is 31.6 Å². The van der Waals surface area contributed by atoms with E-state index in [0.717, 1.165) is 5.56 Å². The summed E-state index contributed by atoms with van der Waals surface area (Å²) >= 11 is 0. The first-order chi connectivity index (χ1) is 10.8. The largest absolute Gasteiger partial charge is 0.463 e. The third-order valence-corrected chi connectivity index (χ3v) is 3.26. The molecule has 0 heterocycles. The zero-order valence-electron chi connectivity index (χ0n) is 14.4. The number of hydrogen-bond donors (Lipinski definition) is 2. The smallest absolute Gasteiger partial charge is 0.307 e. The Hall–Kier alpha value is -2.11. The highest BCUT2D eigenvalue weighted by Crippen LogP contribution is 2.16. The molecular weight excluding hydrogens is 297 g/mol. The van der Waals surface area contributed by atoms with Crippen molar-refractivity contribution >= 4 is 11.9 Å². The van der Waals surface area contributed by atoms with Crippen molar-refractivity contribution in [3.63, 3.8) is 0 Å². The molecule has 0 aliphatic rings. The number of nitrogens with zero attached hydrogens (tertiary/aromatic N) is 1. The Morgan fingerprint density at radius 3 is 2.61 bits per heavy atom. The van der Waals surface area contributed by atoms with Crippen molar-refractivity contribution < 1.29 is 13.9 Å². The van der Waals surface area contributed by atoms with Gasteiger partial charge in [-0.15, -0.1) is 0 Å². The summed E-state index contributed by atoms with van der Waals surface area (Å²) in [7, 11) is 1.64. The number of halogens is 1. The van der Waals surface area contributed by atoms with Crippen LogP contribution in [-0.2, 0) is 9.53 Å². The molecule has 0 fully saturated rings. The number of esters is 1. The van der Waals surface area contributed by atoms with Crippen LogP contribution in [0.25, 0.3) is 0 Å². The van der Waals surface area contributed by atoms with Gasteiger partial charge in [0, 0.05) is 13.6 Å². The second-order valence-electron chi connectivity index (χ2n) is 5.66. The summed E-state index contributed by atoms with van der Waals surface area (Å²) < 4.78 is 18.7. The molecule has 1 aromatic carbocycles. The molecule has 2 N–H and O–H groups in total. The molecule has 1 rings (SSSR count). The maximum atomic E-state index is 13.6. The Morgan fingerprint density at radius 1 is 1.35 bits per heavy atom. The standard InChI is InChI=1S/C17H26FN3O2/c1-11(2)23-16(22)8-9-20-17(19-5)21-13(4)14-7-6-12(3)15(18)10-14/h6-7,10-11,13H,8-9H2,1-5H3,(H2,19,20,21). The molecule has 0 spiro atoms. The molecular formula is C17H26FN3O2. The third kappa shape index (κ3) is 6.67. The Bertz CT molecular complexity index is 559. The molecule has 0 aromatic heterocycles. The van der Waals surface area contributed by atoms with E-state index >= 15 is 0 Å². The quantitative estimate of drug-likeness (QED) is 0.480. The van der Waals surface area contributed by atoms with Gasteiger partial charge in [0.05, 0.1) is 18.6 Å². The molecule has 0 radical (unpaired) electrons. The van der Waals surface area contributed by atoms with Crippen LogP contribution in [0, 0.1) is 12.7 Å². The van der Waals surface area contributed by atoms with E-state index in [2.05, 4.69) is 15.6 Å². The second-order valence-corrected chi connectivity index (χ2v) is 5.66. The van der Waals surface area contributed by atoms with Crippen molar-refractivity contribution in [1.82, 2.24) is 10.6 Å². The SMILES string of the molecule is CN=C(NCCC(=O)OC(C)C)NC(C)c1ccc(C)c(F)c1. The van der Waals surface area contributed by atoms with Gasteiger partial charge in [-0.2, -0.15) is 0 Å². The van der Waals surface area contributed by atoms with Gasteiger partial charge in [0.1, 0.15) is 5.82 Å². The van der Waals surface area contributed by atoms with Crippen LogP contribution < -0.4 is 10.6 Å². The number of carbonyl (C=O) groups is 1. The molecule has 0 aliphatic carbocycles. The molecule has 1 unspecified atom stereocenters. The fraction of sp³-hybridized carbons (Fsp3) is 0.529. The van der Waals surface area contributed by atoms with Crippen molar-refractivity contribution in [2.24, 2.45) is 4.99 Å². The van der Waals surface area contributed by atoms with Gasteiger partial charge in [0.25, 0.3) is 0 Å². The Kier molecular flexibility index (Phi) is 7.51. The molecule has 6 heteroatoms. The summed E-state index contributed by atoms with van der Waals surface area (Å²) in [5.41, 5.74) is 1.45. The highest BCUT2D eigenvalue weighted by Gasteiger charge is 2.10. The topological polar surface area (TPSA) is 62.7 Å². The number of guanidine groups is 1. The maximum absolute atomic E-state index is 13.6. The minimum Gasteiger partial charge on any atom is -0.463 e. The lowest BCUT2D eigenvalue weighted by atomic mass is 10.1. The molecule has 1 aromatic rings. The average molecular weight is 323 g/mol. The molecule has 0 aliphatic heterocycles. The predicted octanol–water partition coefficient (Wildman–Crippen LogP) is 2.70. The van der Waals surface area contributed by atoms with Gasteiger partial charge < -0.3 is 15.4 Å². The Morgan fingerprint density at radius 2 is 2.04 bits per heavy atom. The molecule has 5 nitrogen and oxygen atoms in total. The lowest BCUT2D eigenvalue weighted by Gasteiger charge is -2.18. The fourth-order valence-corrected chi connectivity index (χ4v) is 1.97. The maximum Gasteiger partial charge on any atom is 0.307 e. The van der Waals surface area contributed by atoms with Gasteiger partial charge in [0.2, 0.25) is 0 Å². The number of ether oxygens (including phenoxy) is 1. The lowest BCUT2D eigenvalue weighted by molar-refractivity contribution is -0.147. The van der Waals surface area contributed by atoms with Crippen LogP contribution in [0.15, 0.2) is 23.2 Å². The first-order valence-corrected chi connectivity index (χ1v) is 7.76. The summed E-state index contributed by atoms with van der Waals surface area (Å²) in [4.78, 5) is 15.6. The number of aliphatic imine (C=N–C) groups is 1. The highest BCUT2D eigenvalue weighted by atomic mass is 19.1. The van der Waals surface area contributed by atoms with E-state index in [4.69, 9.17) is 4.74 Å². The van der Waals surface area contributed by atoms with E-state index in [0.29, 0.717) is 18.1 Å². The number of aryl methyl sites for hydroxylation is 1. The van der Waals surface area contributed by atoms with Gasteiger partial charge in [-0.3, -0.25) is 9.79 Å². The summed E-state index contributed by atoms with van der Waals surface area (Å²) in [5, 5.41) is 6.21. The van der Waals surface area contributed by atoms with Crippen LogP contribution in [0.5, 0.6) is 0 Å². The van der Waals surface area contributed by atoms with Gasteiger partial charge in [-0.05, 0) is 44.9 Å². The van der Waals surface area contributed by atoms with Gasteiger partial charge in [-0.1, -0.05) is 12.1 Å². The van der Waals surface area contributed by atoms with Crippen molar-refractivity contribution in [3.05, 3.63) is 35.1 Å². The summed E-state index contributed by atoms with van der Waals surface area (Å²) in [6.07, 6.45) is 0.142. The minimum atomic E-state index is -0.253. The van der Waals surface area contributed by atoms with Crippen molar-refractivity contribution in [3.8, 4) is 0 Å². The normalized spacial score (nSPS) is 12.9. The van der Waals surface area contributed by atoms with Crippen LogP contribution in [0.1, 0.15) is 44.4 Å². The molecule has 0 saturated carbocycles. The number of rotatable bonds is 6. The molecule has 0 bridgehead atoms. The zero-order chi connectivity index (χ0) is 17.4. The molecule has 1 atom stereocenters. The van der Waals surface area contributed by atoms with E-state index in [9.17, 15) is 9.18 Å². The van der Waals surface area contributed by atoms with E-state index in [-0.39, 0.29) is 30.4 Å². The molecule has 0 amide bonds. The van der Waals surface area contributed by atoms with Gasteiger partial charge >= 0.3 is 5.97 Å². The minimum absolute atomic E-state index is 0.112. The monoisotopic (exact) mass is 323 g/mol. The van der Waals surface area contributed by atoms with Crippen molar-refractivity contribution in [2.45, 2.75) is 46.3 Å². The van der Waals surface area contributed by atoms with E-state index in [1.807, 2.05) is 26.8 Å². The van der Waals surface area contributed by atoms with Crippen molar-refractivity contribution in [2.75, 3.05) is 13.6 Å². The van der Waals surface area contributed by atoms with Gasteiger partial charge in [0.15, 0.2) is 5.96 Å². The number of carbonyl (C=O) groups excluding carboxylic acids is 1. The number of nitrogens with one attached hydrogen (secondary N) is 2. The summed E-state index contributed by atoms with van der Waals surface area (Å²) in [5.74, 6) is 0.0722. The second kappa shape index (κ2) is 9.12. The third-order valence-electron chi connectivity index (χ3n) is 3.26. The van der Waals surface area contributed by atoms with E-state index in [1.54, 1.807) is 20.0 Å². The van der Waals surface area contributed by atoms with Crippen LogP contribution in [0.4, 0.5) is 4.39 Å². The van der Waals surface area contributed by atoms with E-state index in [1.165, 1.54) is 6.07 Å². The number of benzene rings is 1.